The van der Waals surface area contributed by atoms with Gasteiger partial charge in [0.2, 0.25) is 5.91 Å². The molecule has 3 aromatic carbocycles. The molecule has 4 aromatic rings. The van der Waals surface area contributed by atoms with E-state index in [1.54, 1.807) is 0 Å². The summed E-state index contributed by atoms with van der Waals surface area (Å²) in [6.07, 6.45) is 0. The normalized spacial score (nSPS) is 11.8. The van der Waals surface area contributed by atoms with E-state index in [-0.39, 0.29) is 11.7 Å². The van der Waals surface area contributed by atoms with Crippen LogP contribution >= 0.6 is 11.8 Å². The van der Waals surface area contributed by atoms with Gasteiger partial charge in [0.05, 0.1) is 0 Å². The number of hydrogen-bond acceptors (Lipinski definition) is 4. The molecule has 0 bridgehead atoms. The molecule has 150 valence electrons. The third-order valence-corrected chi connectivity index (χ3v) is 5.83. The second-order valence-corrected chi connectivity index (χ2v) is 7.71. The average molecular weight is 418 g/mol. The van der Waals surface area contributed by atoms with Crippen molar-refractivity contribution in [2.75, 3.05) is 5.32 Å². The maximum absolute atomic E-state index is 13.2. The number of thioether (sulfide) groups is 1. The molecule has 30 heavy (non-hydrogen) atoms. The summed E-state index contributed by atoms with van der Waals surface area (Å²) < 4.78 is 15.1. The maximum atomic E-state index is 13.2. The van der Waals surface area contributed by atoms with Gasteiger partial charge in [-0.2, -0.15) is 0 Å². The van der Waals surface area contributed by atoms with Crippen LogP contribution in [0, 0.1) is 5.82 Å². The van der Waals surface area contributed by atoms with Crippen molar-refractivity contribution in [2.45, 2.75) is 10.4 Å². The smallest absolute Gasteiger partial charge is 0.242 e. The van der Waals surface area contributed by atoms with Crippen LogP contribution in [-0.2, 0) is 11.8 Å². The van der Waals surface area contributed by atoms with Crippen molar-refractivity contribution in [1.29, 1.82) is 0 Å². The molecule has 0 radical (unpaired) electrons. The van der Waals surface area contributed by atoms with Crippen LogP contribution in [-0.4, -0.2) is 20.7 Å². The molecule has 0 saturated carbocycles. The minimum absolute atomic E-state index is 0.220. The molecule has 0 saturated heterocycles. The number of nitrogens with one attached hydrogen (secondary N) is 1. The lowest BCUT2D eigenvalue weighted by Crippen LogP contribution is -2.19. The Morgan fingerprint density at radius 1 is 0.933 bits per heavy atom. The summed E-state index contributed by atoms with van der Waals surface area (Å²) in [6, 6.07) is 24.9. The predicted molar refractivity (Wildman–Crippen MR) is 117 cm³/mol. The molecular weight excluding hydrogens is 399 g/mol. The number of rotatable bonds is 6. The minimum atomic E-state index is -0.553. The fraction of sp³-hybridized carbons (Fsp3) is 0.0870. The Morgan fingerprint density at radius 3 is 2.23 bits per heavy atom. The Balaban J connectivity index is 1.62. The molecule has 5 nitrogen and oxygen atoms in total. The Labute approximate surface area is 178 Å². The Bertz CT molecular complexity index is 1130. The van der Waals surface area contributed by atoms with Gasteiger partial charge in [0.15, 0.2) is 11.0 Å². The van der Waals surface area contributed by atoms with Gasteiger partial charge in [-0.3, -0.25) is 4.79 Å². The summed E-state index contributed by atoms with van der Waals surface area (Å²) in [4.78, 5) is 13.1. The Morgan fingerprint density at radius 2 is 1.57 bits per heavy atom. The monoisotopic (exact) mass is 418 g/mol. The average Bonchev–Trinajstić information content (AvgIpc) is 3.15. The summed E-state index contributed by atoms with van der Waals surface area (Å²) in [5.74, 6) is 0.153. The van der Waals surface area contributed by atoms with E-state index in [0.29, 0.717) is 10.8 Å². The van der Waals surface area contributed by atoms with Crippen molar-refractivity contribution in [2.24, 2.45) is 7.05 Å². The van der Waals surface area contributed by atoms with Gasteiger partial charge in [0.1, 0.15) is 11.1 Å². The number of carbonyl (C=O) groups excluding carboxylic acids is 1. The summed E-state index contributed by atoms with van der Waals surface area (Å²) in [6.45, 7) is 0. The van der Waals surface area contributed by atoms with Gasteiger partial charge in [0.25, 0.3) is 0 Å². The summed E-state index contributed by atoms with van der Waals surface area (Å²) in [5.41, 5.74) is 2.32. The van der Waals surface area contributed by atoms with Crippen LogP contribution in [0.2, 0.25) is 0 Å². The third kappa shape index (κ3) is 4.41. The summed E-state index contributed by atoms with van der Waals surface area (Å²) >= 11 is 1.32. The van der Waals surface area contributed by atoms with Gasteiger partial charge < -0.3 is 9.88 Å². The first kappa shape index (κ1) is 19.8. The lowest BCUT2D eigenvalue weighted by molar-refractivity contribution is -0.115. The van der Waals surface area contributed by atoms with Gasteiger partial charge >= 0.3 is 0 Å². The van der Waals surface area contributed by atoms with Gasteiger partial charge in [-0.1, -0.05) is 72.4 Å². The minimum Gasteiger partial charge on any atom is -0.325 e. The molecule has 1 N–H and O–H groups in total. The zero-order chi connectivity index (χ0) is 20.9. The van der Waals surface area contributed by atoms with E-state index >= 15 is 0 Å². The predicted octanol–water partition coefficient (Wildman–Crippen LogP) is 5.09. The molecule has 1 amide bonds. The highest BCUT2D eigenvalue weighted by Gasteiger charge is 2.25. The van der Waals surface area contributed by atoms with Crippen LogP contribution in [0.1, 0.15) is 10.8 Å². The van der Waals surface area contributed by atoms with Crippen LogP contribution in [0.4, 0.5) is 10.1 Å². The molecule has 0 spiro atoms. The van der Waals surface area contributed by atoms with Gasteiger partial charge in [-0.15, -0.1) is 10.2 Å². The molecule has 7 heteroatoms. The number of halogens is 1. The van der Waals surface area contributed by atoms with Crippen molar-refractivity contribution in [3.05, 3.63) is 96.3 Å². The quantitative estimate of drug-likeness (QED) is 0.443. The Hall–Kier alpha value is -3.45. The number of aromatic nitrogens is 3. The Kier molecular flexibility index (Phi) is 5.90. The number of amides is 1. The van der Waals surface area contributed by atoms with Crippen LogP contribution < -0.4 is 5.32 Å². The summed E-state index contributed by atoms with van der Waals surface area (Å²) in [7, 11) is 1.88. The van der Waals surface area contributed by atoms with Crippen LogP contribution in [0.5, 0.6) is 0 Å². The molecule has 1 heterocycles. The zero-order valence-corrected chi connectivity index (χ0v) is 17.0. The molecule has 0 unspecified atom stereocenters. The second-order valence-electron chi connectivity index (χ2n) is 6.64. The molecule has 0 aliphatic heterocycles. The van der Waals surface area contributed by atoms with Crippen molar-refractivity contribution in [1.82, 2.24) is 14.8 Å². The topological polar surface area (TPSA) is 59.8 Å². The first-order valence-electron chi connectivity index (χ1n) is 9.34. The molecule has 4 rings (SSSR count). The molecule has 1 atom stereocenters. The van der Waals surface area contributed by atoms with E-state index in [1.165, 1.54) is 36.0 Å². The van der Waals surface area contributed by atoms with E-state index in [1.807, 2.05) is 72.3 Å². The number of nitrogens with zero attached hydrogens (tertiary/aromatic N) is 3. The van der Waals surface area contributed by atoms with E-state index in [9.17, 15) is 9.18 Å². The highest BCUT2D eigenvalue weighted by molar-refractivity contribution is 8.00. The van der Waals surface area contributed by atoms with Gasteiger partial charge in [0, 0.05) is 18.3 Å². The standard InChI is InChI=1S/C23H19FN4OS/c1-28-21(17-10-6-3-7-11-17)26-27-23(28)30-20(16-8-4-2-5-9-16)22(29)25-19-14-12-18(24)13-15-19/h2-15,20H,1H3,(H,25,29)/t20-/m0/s1. The van der Waals surface area contributed by atoms with Crippen molar-refractivity contribution in [3.8, 4) is 11.4 Å². The van der Waals surface area contributed by atoms with Crippen molar-refractivity contribution < 1.29 is 9.18 Å². The largest absolute Gasteiger partial charge is 0.325 e. The van der Waals surface area contributed by atoms with Crippen molar-refractivity contribution in [3.63, 3.8) is 0 Å². The molecule has 0 aliphatic carbocycles. The second kappa shape index (κ2) is 8.92. The van der Waals surface area contributed by atoms with Crippen molar-refractivity contribution >= 4 is 23.4 Å². The van der Waals surface area contributed by atoms with E-state index in [2.05, 4.69) is 15.5 Å². The molecule has 0 aliphatic rings. The number of benzene rings is 3. The fourth-order valence-electron chi connectivity index (χ4n) is 3.00. The highest BCUT2D eigenvalue weighted by atomic mass is 32.2. The van der Waals surface area contributed by atoms with Crippen LogP contribution in [0.25, 0.3) is 11.4 Å². The SMILES string of the molecule is Cn1c(S[C@H](C(=O)Nc2ccc(F)cc2)c2ccccc2)nnc1-c1ccccc1. The molecular formula is C23H19FN4OS. The first-order chi connectivity index (χ1) is 14.6. The van der Waals surface area contributed by atoms with E-state index in [4.69, 9.17) is 0 Å². The summed E-state index contributed by atoms with van der Waals surface area (Å²) in [5, 5.41) is 11.5. The maximum Gasteiger partial charge on any atom is 0.242 e. The number of carbonyl (C=O) groups is 1. The van der Waals surface area contributed by atoms with E-state index in [0.717, 1.165) is 17.0 Å². The van der Waals surface area contributed by atoms with Crippen LogP contribution in [0.3, 0.4) is 0 Å². The van der Waals surface area contributed by atoms with E-state index < -0.39 is 5.25 Å². The number of anilines is 1. The van der Waals surface area contributed by atoms with Gasteiger partial charge in [-0.05, 0) is 29.8 Å². The third-order valence-electron chi connectivity index (χ3n) is 4.54. The van der Waals surface area contributed by atoms with Gasteiger partial charge in [-0.25, -0.2) is 4.39 Å². The highest BCUT2D eigenvalue weighted by Crippen LogP contribution is 2.36. The first-order valence-corrected chi connectivity index (χ1v) is 10.2. The molecule has 1 aromatic heterocycles. The lowest BCUT2D eigenvalue weighted by Gasteiger charge is -2.16. The fourth-order valence-corrected chi connectivity index (χ4v) is 4.01. The molecule has 0 fully saturated rings. The lowest BCUT2D eigenvalue weighted by atomic mass is 10.1. The zero-order valence-electron chi connectivity index (χ0n) is 16.2. The van der Waals surface area contributed by atoms with Crippen LogP contribution in [0.15, 0.2) is 90.1 Å². The number of hydrogen-bond donors (Lipinski definition) is 1.